The number of carbonyl (C=O) groups is 1. The molecule has 0 aromatic heterocycles. The van der Waals surface area contributed by atoms with E-state index in [1.165, 1.54) is 0 Å². The second kappa shape index (κ2) is 6.70. The summed E-state index contributed by atoms with van der Waals surface area (Å²) in [5, 5.41) is 10.5. The van der Waals surface area contributed by atoms with Crippen molar-refractivity contribution in [3.05, 3.63) is 33.9 Å². The van der Waals surface area contributed by atoms with E-state index in [0.717, 1.165) is 19.2 Å². The first-order chi connectivity index (χ1) is 7.75. The van der Waals surface area contributed by atoms with Crippen LogP contribution in [0.1, 0.15) is 10.4 Å². The number of benzene rings is 1. The van der Waals surface area contributed by atoms with E-state index in [4.69, 9.17) is 0 Å². The van der Waals surface area contributed by atoms with E-state index in [1.54, 1.807) is 0 Å². The van der Waals surface area contributed by atoms with Gasteiger partial charge in [0.05, 0.1) is 22.5 Å². The Labute approximate surface area is 145 Å². The smallest absolute Gasteiger partial charge is 0.744 e. The van der Waals surface area contributed by atoms with Gasteiger partial charge in [0, 0.05) is 12.1 Å². The maximum Gasteiger partial charge on any atom is 1.00 e. The predicted molar refractivity (Wildman–Crippen MR) is 52.4 cm³/mol. The molecule has 1 rings (SSSR count). The van der Waals surface area contributed by atoms with Gasteiger partial charge in [-0.05, 0) is 6.07 Å². The molecule has 0 aliphatic heterocycles. The molecule has 1 aromatic carbocycles. The van der Waals surface area contributed by atoms with E-state index in [1.807, 2.05) is 0 Å². The monoisotopic (exact) mass is 299 g/mol. The molecular formula is C8H6KNO7S. The number of methoxy groups -OCH3 is 1. The summed E-state index contributed by atoms with van der Waals surface area (Å²) in [6.45, 7) is 0. The average Bonchev–Trinajstić information content (AvgIpc) is 2.26. The zero-order chi connectivity index (χ0) is 13.2. The van der Waals surface area contributed by atoms with Crippen LogP contribution in [0.4, 0.5) is 5.69 Å². The second-order valence-electron chi connectivity index (χ2n) is 2.92. The van der Waals surface area contributed by atoms with Crippen LogP contribution in [0.15, 0.2) is 23.1 Å². The van der Waals surface area contributed by atoms with E-state index in [-0.39, 0.29) is 56.9 Å². The summed E-state index contributed by atoms with van der Waals surface area (Å²) < 4.78 is 36.5. The van der Waals surface area contributed by atoms with Gasteiger partial charge >= 0.3 is 57.4 Å². The number of hydrogen-bond acceptors (Lipinski definition) is 7. The fourth-order valence-electron chi connectivity index (χ4n) is 1.07. The third kappa shape index (κ3) is 4.39. The molecule has 0 radical (unpaired) electrons. The molecule has 0 amide bonds. The Bertz CT molecular complexity index is 583. The molecule has 0 unspecified atom stereocenters. The molecule has 8 nitrogen and oxygen atoms in total. The molecule has 0 fully saturated rings. The number of esters is 1. The zero-order valence-electron chi connectivity index (χ0n) is 9.45. The van der Waals surface area contributed by atoms with Crippen LogP contribution in [0, 0.1) is 10.1 Å². The van der Waals surface area contributed by atoms with Crippen LogP contribution in [-0.2, 0) is 14.9 Å². The van der Waals surface area contributed by atoms with E-state index >= 15 is 0 Å². The number of carbonyl (C=O) groups excluding carboxylic acids is 1. The summed E-state index contributed by atoms with van der Waals surface area (Å²) in [4.78, 5) is 19.9. The Morgan fingerprint density at radius 3 is 2.28 bits per heavy atom. The molecule has 0 aliphatic rings. The van der Waals surface area contributed by atoms with Gasteiger partial charge in [-0.1, -0.05) is 0 Å². The zero-order valence-corrected chi connectivity index (χ0v) is 13.4. The number of non-ortho nitro benzene ring substituents is 1. The molecule has 10 heteroatoms. The minimum atomic E-state index is -4.89. The largest absolute Gasteiger partial charge is 1.00 e. The van der Waals surface area contributed by atoms with Crippen LogP contribution < -0.4 is 51.4 Å². The molecule has 1 aromatic rings. The number of ether oxygens (including phenoxy) is 1. The Balaban J connectivity index is 0.00000289. The van der Waals surface area contributed by atoms with E-state index in [0.29, 0.717) is 6.07 Å². The Hall–Kier alpha value is -0.364. The van der Waals surface area contributed by atoms with Crippen molar-refractivity contribution in [1.82, 2.24) is 0 Å². The molecule has 0 spiro atoms. The van der Waals surface area contributed by atoms with E-state index < -0.39 is 31.6 Å². The van der Waals surface area contributed by atoms with Gasteiger partial charge in [-0.15, -0.1) is 0 Å². The van der Waals surface area contributed by atoms with Crippen molar-refractivity contribution in [1.29, 1.82) is 0 Å². The second-order valence-corrected chi connectivity index (χ2v) is 4.30. The normalized spacial score (nSPS) is 10.3. The maximum absolute atomic E-state index is 11.1. The SMILES string of the molecule is COC(=O)c1cc([N+](=O)[O-])cc(S(=O)(=O)[O-])c1.[K+]. The first kappa shape index (κ1) is 17.6. The summed E-state index contributed by atoms with van der Waals surface area (Å²) >= 11 is 0. The number of hydrogen-bond donors (Lipinski definition) is 0. The summed E-state index contributed by atoms with van der Waals surface area (Å²) in [6.07, 6.45) is 0. The minimum Gasteiger partial charge on any atom is -0.744 e. The van der Waals surface area contributed by atoms with Crippen LogP contribution in [-0.4, -0.2) is 31.0 Å². The molecule has 0 bridgehead atoms. The van der Waals surface area contributed by atoms with Gasteiger partial charge in [0.1, 0.15) is 10.1 Å². The topological polar surface area (TPSA) is 127 Å². The van der Waals surface area contributed by atoms with Crippen molar-refractivity contribution in [2.24, 2.45) is 0 Å². The van der Waals surface area contributed by atoms with Crippen LogP contribution in [0.2, 0.25) is 0 Å². The Morgan fingerprint density at radius 1 is 1.33 bits per heavy atom. The maximum atomic E-state index is 11.1. The Kier molecular flexibility index (Phi) is 6.57. The van der Waals surface area contributed by atoms with Crippen molar-refractivity contribution >= 4 is 21.8 Å². The molecule has 18 heavy (non-hydrogen) atoms. The first-order valence-electron chi connectivity index (χ1n) is 4.09. The summed E-state index contributed by atoms with van der Waals surface area (Å²) in [6, 6.07) is 2.12. The van der Waals surface area contributed by atoms with Crippen LogP contribution in [0.5, 0.6) is 0 Å². The van der Waals surface area contributed by atoms with Crippen LogP contribution >= 0.6 is 0 Å². The number of nitrogens with zero attached hydrogens (tertiary/aromatic N) is 1. The van der Waals surface area contributed by atoms with Crippen molar-refractivity contribution in [3.8, 4) is 0 Å². The first-order valence-corrected chi connectivity index (χ1v) is 5.50. The van der Waals surface area contributed by atoms with Crippen molar-refractivity contribution in [3.63, 3.8) is 0 Å². The quantitative estimate of drug-likeness (QED) is 0.195. The summed E-state index contributed by atoms with van der Waals surface area (Å²) in [5.74, 6) is -0.974. The van der Waals surface area contributed by atoms with E-state index in [9.17, 15) is 27.9 Å². The summed E-state index contributed by atoms with van der Waals surface area (Å²) in [7, 11) is -3.86. The molecule has 0 saturated heterocycles. The minimum absolute atomic E-state index is 0. The van der Waals surface area contributed by atoms with E-state index in [2.05, 4.69) is 4.74 Å². The fourth-order valence-corrected chi connectivity index (χ4v) is 1.61. The molecule has 0 heterocycles. The van der Waals surface area contributed by atoms with Gasteiger partial charge in [-0.2, -0.15) is 0 Å². The van der Waals surface area contributed by atoms with Crippen molar-refractivity contribution in [2.75, 3.05) is 7.11 Å². The number of rotatable bonds is 3. The van der Waals surface area contributed by atoms with Gasteiger partial charge in [0.15, 0.2) is 0 Å². The Morgan fingerprint density at radius 2 is 1.89 bits per heavy atom. The summed E-state index contributed by atoms with van der Waals surface area (Å²) in [5.41, 5.74) is -1.06. The predicted octanol–water partition coefficient (Wildman–Crippen LogP) is -2.71. The fraction of sp³-hybridized carbons (Fsp3) is 0.125. The van der Waals surface area contributed by atoms with Gasteiger partial charge in [0.25, 0.3) is 5.69 Å². The third-order valence-corrected chi connectivity index (χ3v) is 2.62. The average molecular weight is 299 g/mol. The van der Waals surface area contributed by atoms with Crippen molar-refractivity contribution in [2.45, 2.75) is 4.90 Å². The molecule has 0 N–H and O–H groups in total. The van der Waals surface area contributed by atoms with Crippen molar-refractivity contribution < 1.29 is 78.8 Å². The van der Waals surface area contributed by atoms with Gasteiger partial charge < -0.3 is 9.29 Å². The van der Waals surface area contributed by atoms with Crippen LogP contribution in [0.3, 0.4) is 0 Å². The molecule has 92 valence electrons. The van der Waals surface area contributed by atoms with Gasteiger partial charge in [-0.25, -0.2) is 13.2 Å². The van der Waals surface area contributed by atoms with Gasteiger partial charge in [0.2, 0.25) is 0 Å². The molecule has 0 atom stereocenters. The molecular weight excluding hydrogens is 293 g/mol. The molecule has 0 saturated carbocycles. The number of nitro benzene ring substituents is 1. The number of nitro groups is 1. The van der Waals surface area contributed by atoms with Crippen LogP contribution in [0.25, 0.3) is 0 Å². The third-order valence-electron chi connectivity index (χ3n) is 1.81. The van der Waals surface area contributed by atoms with Gasteiger partial charge in [-0.3, -0.25) is 10.1 Å². The standard InChI is InChI=1S/C8H7NO7S.K/c1-16-8(10)5-2-6(9(11)12)4-7(3-5)17(13,14)15;/h2-4H,1H3,(H,13,14,15);/q;+1/p-1. The molecule has 0 aliphatic carbocycles.